The third-order valence-electron chi connectivity index (χ3n) is 3.28. The van der Waals surface area contributed by atoms with Gasteiger partial charge in [0.05, 0.1) is 10.5 Å². The molecule has 2 rings (SSSR count). The molecule has 1 aromatic carbocycles. The molecule has 0 spiro atoms. The molecule has 1 aliphatic heterocycles. The summed E-state index contributed by atoms with van der Waals surface area (Å²) in [5.74, 6) is -2.70. The van der Waals surface area contributed by atoms with E-state index in [1.165, 1.54) is 12.1 Å². The Balaban J connectivity index is 2.52. The van der Waals surface area contributed by atoms with Gasteiger partial charge in [-0.25, -0.2) is 13.2 Å². The van der Waals surface area contributed by atoms with Crippen LogP contribution in [-0.2, 0) is 14.8 Å². The van der Waals surface area contributed by atoms with Gasteiger partial charge in [-0.2, -0.15) is 4.31 Å². The molecule has 0 aromatic heterocycles. The van der Waals surface area contributed by atoms with E-state index >= 15 is 0 Å². The number of nitrogens with two attached hydrogens (primary N) is 1. The fourth-order valence-electron chi connectivity index (χ4n) is 2.32. The lowest BCUT2D eigenvalue weighted by atomic mass is 10.2. The topological polar surface area (TPSA) is 138 Å². The number of rotatable bonds is 4. The zero-order chi connectivity index (χ0) is 15.8. The standard InChI is InChI=1S/C12H14N2O6S/c13-7-5-9(12(17)18)14(6-7)21(19,20)10-4-2-1-3-8(10)11(15)16/h1-4,7,9H,5-6,13H2,(H,15,16)(H,17,18)/t7-,9-/m0/s1. The van der Waals surface area contributed by atoms with Crippen LogP contribution in [-0.4, -0.2) is 53.5 Å². The van der Waals surface area contributed by atoms with Gasteiger partial charge in [0.25, 0.3) is 0 Å². The number of nitrogens with zero attached hydrogens (tertiary/aromatic N) is 1. The van der Waals surface area contributed by atoms with Crippen molar-refractivity contribution in [1.29, 1.82) is 0 Å². The predicted octanol–water partition coefficient (Wildman–Crippen LogP) is -0.440. The maximum atomic E-state index is 12.6. The van der Waals surface area contributed by atoms with E-state index in [4.69, 9.17) is 15.9 Å². The number of carbonyl (C=O) groups is 2. The van der Waals surface area contributed by atoms with Crippen molar-refractivity contribution in [3.05, 3.63) is 29.8 Å². The SMILES string of the molecule is N[C@H]1C[C@@H](C(=O)O)N(S(=O)(=O)c2ccccc2C(=O)O)C1. The fourth-order valence-corrected chi connectivity index (χ4v) is 4.16. The molecular formula is C12H14N2O6S. The van der Waals surface area contributed by atoms with Crippen LogP contribution >= 0.6 is 0 Å². The summed E-state index contributed by atoms with van der Waals surface area (Å²) in [7, 11) is -4.25. The van der Waals surface area contributed by atoms with Crippen molar-refractivity contribution in [2.75, 3.05) is 6.54 Å². The molecule has 1 aliphatic rings. The van der Waals surface area contributed by atoms with Crippen molar-refractivity contribution in [3.8, 4) is 0 Å². The van der Waals surface area contributed by atoms with Gasteiger partial charge in [0.2, 0.25) is 10.0 Å². The summed E-state index contributed by atoms with van der Waals surface area (Å²) < 4.78 is 25.9. The third-order valence-corrected chi connectivity index (χ3v) is 5.21. The Bertz CT molecular complexity index is 687. The van der Waals surface area contributed by atoms with Crippen LogP contribution in [0.4, 0.5) is 0 Å². The number of aliphatic carboxylic acids is 1. The highest BCUT2D eigenvalue weighted by molar-refractivity contribution is 7.89. The highest BCUT2D eigenvalue weighted by Gasteiger charge is 2.43. The molecule has 1 heterocycles. The largest absolute Gasteiger partial charge is 0.480 e. The van der Waals surface area contributed by atoms with Gasteiger partial charge in [-0.15, -0.1) is 0 Å². The second kappa shape index (κ2) is 5.43. The Labute approximate surface area is 120 Å². The summed E-state index contributed by atoms with van der Waals surface area (Å²) in [5.41, 5.74) is 5.24. The summed E-state index contributed by atoms with van der Waals surface area (Å²) in [6.07, 6.45) is -0.0101. The summed E-state index contributed by atoms with van der Waals surface area (Å²) in [6, 6.07) is 3.19. The number of carboxylic acid groups (broad SMARTS) is 2. The van der Waals surface area contributed by atoms with Gasteiger partial charge in [-0.3, -0.25) is 4.79 Å². The van der Waals surface area contributed by atoms with Crippen molar-refractivity contribution < 1.29 is 28.2 Å². The maximum Gasteiger partial charge on any atom is 0.337 e. The minimum Gasteiger partial charge on any atom is -0.480 e. The summed E-state index contributed by atoms with van der Waals surface area (Å²) in [6.45, 7) is -0.159. The minimum absolute atomic E-state index is 0.0101. The lowest BCUT2D eigenvalue weighted by Crippen LogP contribution is -2.41. The number of hydrogen-bond acceptors (Lipinski definition) is 5. The first-order valence-electron chi connectivity index (χ1n) is 6.07. The Hall–Kier alpha value is -1.97. The molecule has 1 aromatic rings. The molecule has 0 unspecified atom stereocenters. The van der Waals surface area contributed by atoms with Crippen molar-refractivity contribution in [3.63, 3.8) is 0 Å². The zero-order valence-corrected chi connectivity index (χ0v) is 11.7. The van der Waals surface area contributed by atoms with Gasteiger partial charge < -0.3 is 15.9 Å². The monoisotopic (exact) mass is 314 g/mol. The van der Waals surface area contributed by atoms with Gasteiger partial charge in [0.15, 0.2) is 0 Å². The first kappa shape index (κ1) is 15.4. The predicted molar refractivity (Wildman–Crippen MR) is 71.3 cm³/mol. The molecule has 1 saturated heterocycles. The molecule has 0 saturated carbocycles. The lowest BCUT2D eigenvalue weighted by Gasteiger charge is -2.21. The Morgan fingerprint density at radius 3 is 2.43 bits per heavy atom. The molecular weight excluding hydrogens is 300 g/mol. The molecule has 8 nitrogen and oxygen atoms in total. The quantitative estimate of drug-likeness (QED) is 0.684. The van der Waals surface area contributed by atoms with Crippen LogP contribution in [0.5, 0.6) is 0 Å². The van der Waals surface area contributed by atoms with E-state index in [0.717, 1.165) is 16.4 Å². The van der Waals surface area contributed by atoms with E-state index in [-0.39, 0.29) is 13.0 Å². The molecule has 114 valence electrons. The van der Waals surface area contributed by atoms with Crippen LogP contribution in [0.3, 0.4) is 0 Å². The zero-order valence-electron chi connectivity index (χ0n) is 10.8. The van der Waals surface area contributed by atoms with Crippen molar-refractivity contribution in [2.24, 2.45) is 5.73 Å². The molecule has 4 N–H and O–H groups in total. The molecule has 1 fully saturated rings. The van der Waals surface area contributed by atoms with Crippen LogP contribution < -0.4 is 5.73 Å². The highest BCUT2D eigenvalue weighted by Crippen LogP contribution is 2.27. The second-order valence-corrected chi connectivity index (χ2v) is 6.58. The highest BCUT2D eigenvalue weighted by atomic mass is 32.2. The number of aromatic carboxylic acids is 1. The molecule has 2 atom stereocenters. The third kappa shape index (κ3) is 2.75. The van der Waals surface area contributed by atoms with E-state index in [1.807, 2.05) is 0 Å². The smallest absolute Gasteiger partial charge is 0.337 e. The van der Waals surface area contributed by atoms with Crippen LogP contribution in [0.2, 0.25) is 0 Å². The van der Waals surface area contributed by atoms with Crippen molar-refractivity contribution >= 4 is 22.0 Å². The van der Waals surface area contributed by atoms with Crippen molar-refractivity contribution in [2.45, 2.75) is 23.4 Å². The fraction of sp³-hybridized carbons (Fsp3) is 0.333. The van der Waals surface area contributed by atoms with Gasteiger partial charge in [0.1, 0.15) is 6.04 Å². The molecule has 0 radical (unpaired) electrons. The Kier molecular flexibility index (Phi) is 3.99. The van der Waals surface area contributed by atoms with Gasteiger partial charge in [0, 0.05) is 12.6 Å². The first-order chi connectivity index (χ1) is 9.75. The van der Waals surface area contributed by atoms with E-state index in [1.54, 1.807) is 0 Å². The minimum atomic E-state index is -4.25. The summed E-state index contributed by atoms with van der Waals surface area (Å²) >= 11 is 0. The van der Waals surface area contributed by atoms with Gasteiger partial charge in [-0.1, -0.05) is 12.1 Å². The molecule has 0 bridgehead atoms. The number of sulfonamides is 1. The Morgan fingerprint density at radius 2 is 1.86 bits per heavy atom. The van der Waals surface area contributed by atoms with Gasteiger partial charge >= 0.3 is 11.9 Å². The average Bonchev–Trinajstić information content (AvgIpc) is 2.82. The van der Waals surface area contributed by atoms with Crippen LogP contribution in [0.1, 0.15) is 16.8 Å². The van der Waals surface area contributed by atoms with Crippen molar-refractivity contribution in [1.82, 2.24) is 4.31 Å². The summed E-state index contributed by atoms with van der Waals surface area (Å²) in [4.78, 5) is 21.9. The normalized spacial score (nSPS) is 23.1. The number of benzene rings is 1. The van der Waals surface area contributed by atoms with E-state index in [0.29, 0.717) is 0 Å². The summed E-state index contributed by atoms with van der Waals surface area (Å²) in [5, 5.41) is 18.2. The van der Waals surface area contributed by atoms with Crippen LogP contribution in [0.25, 0.3) is 0 Å². The van der Waals surface area contributed by atoms with Crippen LogP contribution in [0, 0.1) is 0 Å². The maximum absolute atomic E-state index is 12.6. The lowest BCUT2D eigenvalue weighted by molar-refractivity contribution is -0.140. The first-order valence-corrected chi connectivity index (χ1v) is 7.51. The molecule has 0 amide bonds. The second-order valence-electron chi connectivity index (χ2n) is 4.73. The number of hydrogen-bond donors (Lipinski definition) is 3. The van der Waals surface area contributed by atoms with E-state index in [2.05, 4.69) is 0 Å². The molecule has 21 heavy (non-hydrogen) atoms. The van der Waals surface area contributed by atoms with Crippen LogP contribution in [0.15, 0.2) is 29.2 Å². The van der Waals surface area contributed by atoms with E-state index < -0.39 is 44.5 Å². The Morgan fingerprint density at radius 1 is 1.24 bits per heavy atom. The number of carboxylic acids is 2. The molecule has 0 aliphatic carbocycles. The van der Waals surface area contributed by atoms with Gasteiger partial charge in [-0.05, 0) is 18.6 Å². The molecule has 9 heteroatoms. The average molecular weight is 314 g/mol. The van der Waals surface area contributed by atoms with E-state index in [9.17, 15) is 18.0 Å².